The Kier molecular flexibility index (Phi) is 5.47. The second-order valence-corrected chi connectivity index (χ2v) is 7.70. The topological polar surface area (TPSA) is 58.6 Å². The SMILES string of the molecule is CC[C@H](COC)Nc1cccc(N2CCS(=O)(=O)CC2)c1. The Balaban J connectivity index is 2.04. The lowest BCUT2D eigenvalue weighted by atomic mass is 10.2. The lowest BCUT2D eigenvalue weighted by Gasteiger charge is -2.29. The molecule has 1 aromatic rings. The van der Waals surface area contributed by atoms with Gasteiger partial charge in [0.05, 0.1) is 18.1 Å². The summed E-state index contributed by atoms with van der Waals surface area (Å²) < 4.78 is 28.2. The normalized spacial score (nSPS) is 19.2. The van der Waals surface area contributed by atoms with Gasteiger partial charge in [-0.15, -0.1) is 0 Å². The summed E-state index contributed by atoms with van der Waals surface area (Å²) in [6.07, 6.45) is 0.986. The van der Waals surface area contributed by atoms with Crippen molar-refractivity contribution in [2.24, 2.45) is 0 Å². The van der Waals surface area contributed by atoms with Gasteiger partial charge in [0.15, 0.2) is 9.84 Å². The van der Waals surface area contributed by atoms with Crippen molar-refractivity contribution in [3.8, 4) is 0 Å². The largest absolute Gasteiger partial charge is 0.383 e. The molecule has 1 aromatic carbocycles. The highest BCUT2D eigenvalue weighted by Gasteiger charge is 2.21. The van der Waals surface area contributed by atoms with Crippen LogP contribution in [0.5, 0.6) is 0 Å². The van der Waals surface area contributed by atoms with E-state index in [0.29, 0.717) is 19.7 Å². The van der Waals surface area contributed by atoms with Crippen molar-refractivity contribution in [2.75, 3.05) is 48.5 Å². The predicted octanol–water partition coefficient (Wildman–Crippen LogP) is 1.76. The number of nitrogens with one attached hydrogen (secondary N) is 1. The van der Waals surface area contributed by atoms with Gasteiger partial charge in [0.2, 0.25) is 0 Å². The molecule has 0 bridgehead atoms. The van der Waals surface area contributed by atoms with Gasteiger partial charge in [-0.05, 0) is 24.6 Å². The third-order valence-corrected chi connectivity index (χ3v) is 5.40. The molecule has 1 aliphatic heterocycles. The van der Waals surface area contributed by atoms with E-state index in [1.54, 1.807) is 7.11 Å². The first kappa shape index (κ1) is 16.1. The maximum Gasteiger partial charge on any atom is 0.153 e. The van der Waals surface area contributed by atoms with Crippen LogP contribution in [-0.2, 0) is 14.6 Å². The fourth-order valence-corrected chi connectivity index (χ4v) is 3.66. The maximum absolute atomic E-state index is 11.5. The van der Waals surface area contributed by atoms with E-state index in [1.165, 1.54) is 0 Å². The van der Waals surface area contributed by atoms with E-state index in [2.05, 4.69) is 23.2 Å². The van der Waals surface area contributed by atoms with Crippen LogP contribution in [0.3, 0.4) is 0 Å². The Morgan fingerprint density at radius 1 is 1.33 bits per heavy atom. The van der Waals surface area contributed by atoms with Crippen LogP contribution in [0, 0.1) is 0 Å². The van der Waals surface area contributed by atoms with Crippen molar-refractivity contribution < 1.29 is 13.2 Å². The molecule has 0 aromatic heterocycles. The quantitative estimate of drug-likeness (QED) is 0.867. The molecule has 0 spiro atoms. The molecule has 0 amide bonds. The summed E-state index contributed by atoms with van der Waals surface area (Å²) in [4.78, 5) is 2.13. The van der Waals surface area contributed by atoms with Gasteiger partial charge in [0.25, 0.3) is 0 Å². The van der Waals surface area contributed by atoms with Crippen molar-refractivity contribution in [1.82, 2.24) is 0 Å². The predicted molar refractivity (Wildman–Crippen MR) is 86.9 cm³/mol. The molecule has 0 saturated carbocycles. The van der Waals surface area contributed by atoms with Crippen LogP contribution < -0.4 is 10.2 Å². The van der Waals surface area contributed by atoms with Crippen molar-refractivity contribution in [2.45, 2.75) is 19.4 Å². The zero-order valence-corrected chi connectivity index (χ0v) is 13.5. The average molecular weight is 312 g/mol. The summed E-state index contributed by atoms with van der Waals surface area (Å²) in [7, 11) is -1.13. The van der Waals surface area contributed by atoms with Crippen LogP contribution in [0.1, 0.15) is 13.3 Å². The van der Waals surface area contributed by atoms with Crippen molar-refractivity contribution in [3.05, 3.63) is 24.3 Å². The van der Waals surface area contributed by atoms with E-state index in [-0.39, 0.29) is 17.5 Å². The standard InChI is InChI=1S/C15H24N2O3S/c1-3-13(12-20-2)16-14-5-4-6-15(11-14)17-7-9-21(18,19)10-8-17/h4-6,11,13,16H,3,7-10,12H2,1-2H3/t13-/m1/s1. The minimum absolute atomic E-state index is 0.242. The second-order valence-electron chi connectivity index (χ2n) is 5.39. The summed E-state index contributed by atoms with van der Waals surface area (Å²) in [6, 6.07) is 8.42. The lowest BCUT2D eigenvalue weighted by molar-refractivity contribution is 0.184. The van der Waals surface area contributed by atoms with Crippen molar-refractivity contribution in [1.29, 1.82) is 0 Å². The minimum Gasteiger partial charge on any atom is -0.383 e. The molecule has 118 valence electrons. The summed E-state index contributed by atoms with van der Waals surface area (Å²) in [5, 5.41) is 3.46. The van der Waals surface area contributed by atoms with E-state index >= 15 is 0 Å². The number of hydrogen-bond acceptors (Lipinski definition) is 5. The van der Waals surface area contributed by atoms with Crippen LogP contribution in [0.25, 0.3) is 0 Å². The van der Waals surface area contributed by atoms with E-state index in [9.17, 15) is 8.42 Å². The molecule has 0 unspecified atom stereocenters. The number of ether oxygens (including phenoxy) is 1. The molecular formula is C15H24N2O3S. The number of methoxy groups -OCH3 is 1. The Bertz CT molecular complexity index is 546. The van der Waals surface area contributed by atoms with Gasteiger partial charge < -0.3 is 15.0 Å². The summed E-state index contributed by atoms with van der Waals surface area (Å²) >= 11 is 0. The minimum atomic E-state index is -2.84. The van der Waals surface area contributed by atoms with E-state index in [0.717, 1.165) is 17.8 Å². The number of anilines is 2. The van der Waals surface area contributed by atoms with Crippen LogP contribution >= 0.6 is 0 Å². The van der Waals surface area contributed by atoms with Gasteiger partial charge in [-0.1, -0.05) is 13.0 Å². The van der Waals surface area contributed by atoms with E-state index in [1.807, 2.05) is 18.2 Å². The Morgan fingerprint density at radius 3 is 2.67 bits per heavy atom. The first-order valence-corrected chi connectivity index (χ1v) is 9.17. The molecular weight excluding hydrogens is 288 g/mol. The van der Waals surface area contributed by atoms with Gasteiger partial charge in [-0.25, -0.2) is 8.42 Å². The summed E-state index contributed by atoms with van der Waals surface area (Å²) in [5.74, 6) is 0.484. The molecule has 1 heterocycles. The number of sulfone groups is 1. The molecule has 1 saturated heterocycles. The van der Waals surface area contributed by atoms with Gasteiger partial charge >= 0.3 is 0 Å². The monoisotopic (exact) mass is 312 g/mol. The molecule has 6 heteroatoms. The second kappa shape index (κ2) is 7.13. The van der Waals surface area contributed by atoms with Crippen LogP contribution in [0.2, 0.25) is 0 Å². The number of hydrogen-bond donors (Lipinski definition) is 1. The molecule has 2 rings (SSSR count). The highest BCUT2D eigenvalue weighted by Crippen LogP contribution is 2.22. The first-order valence-electron chi connectivity index (χ1n) is 7.35. The zero-order valence-electron chi connectivity index (χ0n) is 12.7. The number of nitrogens with zero attached hydrogens (tertiary/aromatic N) is 1. The third-order valence-electron chi connectivity index (χ3n) is 3.79. The van der Waals surface area contributed by atoms with E-state index in [4.69, 9.17) is 4.74 Å². The summed E-state index contributed by atoms with van der Waals surface area (Å²) in [6.45, 7) is 3.93. The molecule has 1 N–H and O–H groups in total. The van der Waals surface area contributed by atoms with Crippen molar-refractivity contribution in [3.63, 3.8) is 0 Å². The number of rotatable bonds is 6. The van der Waals surface area contributed by atoms with E-state index < -0.39 is 9.84 Å². The fourth-order valence-electron chi connectivity index (χ4n) is 2.46. The summed E-state index contributed by atoms with van der Waals surface area (Å²) in [5.41, 5.74) is 2.12. The van der Waals surface area contributed by atoms with Gasteiger partial charge in [-0.3, -0.25) is 0 Å². The first-order chi connectivity index (χ1) is 10.0. The third kappa shape index (κ3) is 4.61. The molecule has 0 radical (unpaired) electrons. The van der Waals surface area contributed by atoms with Crippen LogP contribution in [0.15, 0.2) is 24.3 Å². The molecule has 21 heavy (non-hydrogen) atoms. The molecule has 5 nitrogen and oxygen atoms in total. The highest BCUT2D eigenvalue weighted by atomic mass is 32.2. The molecule has 0 aliphatic carbocycles. The lowest BCUT2D eigenvalue weighted by Crippen LogP contribution is -2.40. The fraction of sp³-hybridized carbons (Fsp3) is 0.600. The highest BCUT2D eigenvalue weighted by molar-refractivity contribution is 7.91. The van der Waals surface area contributed by atoms with Crippen LogP contribution in [-0.4, -0.2) is 52.8 Å². The van der Waals surface area contributed by atoms with Crippen molar-refractivity contribution >= 4 is 21.2 Å². The van der Waals surface area contributed by atoms with Crippen LogP contribution in [0.4, 0.5) is 11.4 Å². The molecule has 1 aliphatic rings. The Hall–Kier alpha value is -1.27. The van der Waals surface area contributed by atoms with Gasteiger partial charge in [-0.2, -0.15) is 0 Å². The Morgan fingerprint density at radius 2 is 2.05 bits per heavy atom. The number of benzene rings is 1. The average Bonchev–Trinajstić information content (AvgIpc) is 2.47. The zero-order chi connectivity index (χ0) is 15.3. The van der Waals surface area contributed by atoms with Gasteiger partial charge in [0.1, 0.15) is 0 Å². The smallest absolute Gasteiger partial charge is 0.153 e. The Labute approximate surface area is 127 Å². The maximum atomic E-state index is 11.5. The molecule has 1 atom stereocenters. The van der Waals surface area contributed by atoms with Gasteiger partial charge in [0, 0.05) is 37.6 Å². The molecule has 1 fully saturated rings.